The van der Waals surface area contributed by atoms with Crippen LogP contribution in [0.1, 0.15) is 18.4 Å². The fourth-order valence-corrected chi connectivity index (χ4v) is 3.29. The Balaban J connectivity index is 1.54. The van der Waals surface area contributed by atoms with E-state index in [1.165, 1.54) is 0 Å². The molecule has 1 aromatic carbocycles. The van der Waals surface area contributed by atoms with Crippen molar-refractivity contribution in [3.8, 4) is 11.1 Å². The molecule has 2 N–H and O–H groups in total. The van der Waals surface area contributed by atoms with Crippen molar-refractivity contribution in [1.82, 2.24) is 15.3 Å². The third-order valence-electron chi connectivity index (χ3n) is 4.66. The highest BCUT2D eigenvalue weighted by Crippen LogP contribution is 2.24. The van der Waals surface area contributed by atoms with Crippen molar-refractivity contribution < 1.29 is 9.53 Å². The highest BCUT2D eigenvalue weighted by molar-refractivity contribution is 5.89. The van der Waals surface area contributed by atoms with Gasteiger partial charge in [0.2, 0.25) is 5.91 Å². The van der Waals surface area contributed by atoms with E-state index in [1.807, 2.05) is 30.6 Å². The number of nitrogens with zero attached hydrogens (tertiary/aromatic N) is 1. The molecule has 3 aromatic rings. The first-order valence-electron chi connectivity index (χ1n) is 8.68. The van der Waals surface area contributed by atoms with E-state index in [0.29, 0.717) is 6.42 Å². The SMILES string of the molecule is O=C(Cc1c[nH]c2ncc(-c3ccccc3)cc12)NC1CCOCC1. The van der Waals surface area contributed by atoms with E-state index in [-0.39, 0.29) is 11.9 Å². The predicted octanol–water partition coefficient (Wildman–Crippen LogP) is 3.07. The molecule has 3 heterocycles. The summed E-state index contributed by atoms with van der Waals surface area (Å²) in [6, 6.07) is 12.5. The van der Waals surface area contributed by atoms with Crippen LogP contribution in [0.4, 0.5) is 0 Å². The molecule has 25 heavy (non-hydrogen) atoms. The average Bonchev–Trinajstić information content (AvgIpc) is 3.05. The van der Waals surface area contributed by atoms with Gasteiger partial charge >= 0.3 is 0 Å². The number of H-pyrrole nitrogens is 1. The minimum Gasteiger partial charge on any atom is -0.381 e. The summed E-state index contributed by atoms with van der Waals surface area (Å²) in [5.41, 5.74) is 3.97. The standard InChI is InChI=1S/C20H21N3O2/c24-19(23-17-6-8-25-9-7-17)11-16-13-22-20-18(16)10-15(12-21-20)14-4-2-1-3-5-14/h1-5,10,12-13,17H,6-9,11H2,(H,21,22)(H,23,24). The quantitative estimate of drug-likeness (QED) is 0.770. The van der Waals surface area contributed by atoms with Gasteiger partial charge in [-0.15, -0.1) is 0 Å². The van der Waals surface area contributed by atoms with E-state index < -0.39 is 0 Å². The van der Waals surface area contributed by atoms with Gasteiger partial charge in [-0.25, -0.2) is 4.98 Å². The average molecular weight is 335 g/mol. The van der Waals surface area contributed by atoms with E-state index in [0.717, 1.165) is 53.8 Å². The molecule has 1 fully saturated rings. The number of ether oxygens (including phenoxy) is 1. The molecule has 4 rings (SSSR count). The second kappa shape index (κ2) is 7.07. The summed E-state index contributed by atoms with van der Waals surface area (Å²) in [6.45, 7) is 1.45. The first kappa shape index (κ1) is 15.8. The van der Waals surface area contributed by atoms with Crippen LogP contribution in [0.25, 0.3) is 22.2 Å². The van der Waals surface area contributed by atoms with Crippen LogP contribution in [0.15, 0.2) is 48.8 Å². The lowest BCUT2D eigenvalue weighted by Crippen LogP contribution is -2.39. The summed E-state index contributed by atoms with van der Waals surface area (Å²) in [5.74, 6) is 0.0536. The van der Waals surface area contributed by atoms with Gasteiger partial charge in [0, 0.05) is 42.6 Å². The van der Waals surface area contributed by atoms with E-state index in [1.54, 1.807) is 0 Å². The normalized spacial score (nSPS) is 15.4. The van der Waals surface area contributed by atoms with Gasteiger partial charge in [-0.1, -0.05) is 30.3 Å². The molecule has 0 atom stereocenters. The van der Waals surface area contributed by atoms with E-state index >= 15 is 0 Å². The van der Waals surface area contributed by atoms with Gasteiger partial charge < -0.3 is 15.0 Å². The monoisotopic (exact) mass is 335 g/mol. The lowest BCUT2D eigenvalue weighted by Gasteiger charge is -2.23. The van der Waals surface area contributed by atoms with E-state index in [9.17, 15) is 4.79 Å². The Hall–Kier alpha value is -2.66. The van der Waals surface area contributed by atoms with Crippen molar-refractivity contribution in [2.45, 2.75) is 25.3 Å². The number of pyridine rings is 1. The molecule has 1 aliphatic rings. The summed E-state index contributed by atoms with van der Waals surface area (Å²) in [7, 11) is 0. The molecule has 0 saturated carbocycles. The highest BCUT2D eigenvalue weighted by atomic mass is 16.5. The zero-order chi connectivity index (χ0) is 17.1. The van der Waals surface area contributed by atoms with Gasteiger partial charge in [0.1, 0.15) is 5.65 Å². The van der Waals surface area contributed by atoms with Gasteiger partial charge in [0.15, 0.2) is 0 Å². The van der Waals surface area contributed by atoms with Crippen LogP contribution >= 0.6 is 0 Å². The molecule has 1 amide bonds. The van der Waals surface area contributed by atoms with E-state index in [4.69, 9.17) is 4.74 Å². The molecular weight excluding hydrogens is 314 g/mol. The van der Waals surface area contributed by atoms with Crippen LogP contribution in [0.5, 0.6) is 0 Å². The van der Waals surface area contributed by atoms with Gasteiger partial charge in [-0.05, 0) is 30.0 Å². The number of hydrogen-bond acceptors (Lipinski definition) is 3. The first-order chi connectivity index (χ1) is 12.3. The second-order valence-electron chi connectivity index (χ2n) is 6.43. The fraction of sp³-hybridized carbons (Fsp3) is 0.300. The van der Waals surface area contributed by atoms with Gasteiger partial charge in [-0.3, -0.25) is 4.79 Å². The number of carbonyl (C=O) groups excluding carboxylic acids is 1. The van der Waals surface area contributed by atoms with E-state index in [2.05, 4.69) is 33.5 Å². The van der Waals surface area contributed by atoms with Crippen molar-refractivity contribution in [2.75, 3.05) is 13.2 Å². The maximum Gasteiger partial charge on any atom is 0.224 e. The van der Waals surface area contributed by atoms with Crippen molar-refractivity contribution in [1.29, 1.82) is 0 Å². The summed E-state index contributed by atoms with van der Waals surface area (Å²) in [5, 5.41) is 4.12. The van der Waals surface area contributed by atoms with Gasteiger partial charge in [0.05, 0.1) is 6.42 Å². The topological polar surface area (TPSA) is 67.0 Å². The first-order valence-corrected chi connectivity index (χ1v) is 8.68. The number of hydrogen-bond donors (Lipinski definition) is 2. The van der Waals surface area contributed by atoms with Crippen LogP contribution in [0.2, 0.25) is 0 Å². The minimum atomic E-state index is 0.0536. The summed E-state index contributed by atoms with van der Waals surface area (Å²) >= 11 is 0. The van der Waals surface area contributed by atoms with Crippen LogP contribution in [-0.4, -0.2) is 35.1 Å². The number of fused-ring (bicyclic) bond motifs is 1. The van der Waals surface area contributed by atoms with Crippen molar-refractivity contribution in [3.05, 3.63) is 54.4 Å². The third kappa shape index (κ3) is 3.56. The molecule has 5 nitrogen and oxygen atoms in total. The highest BCUT2D eigenvalue weighted by Gasteiger charge is 2.17. The number of amides is 1. The van der Waals surface area contributed by atoms with Crippen LogP contribution in [0.3, 0.4) is 0 Å². The molecule has 1 aliphatic heterocycles. The predicted molar refractivity (Wildman–Crippen MR) is 97.2 cm³/mol. The zero-order valence-corrected chi connectivity index (χ0v) is 14.0. The number of carbonyl (C=O) groups is 1. The molecule has 2 aromatic heterocycles. The van der Waals surface area contributed by atoms with Gasteiger partial charge in [0.25, 0.3) is 0 Å². The van der Waals surface area contributed by atoms with Crippen molar-refractivity contribution in [2.24, 2.45) is 0 Å². The zero-order valence-electron chi connectivity index (χ0n) is 14.0. The lowest BCUT2D eigenvalue weighted by atomic mass is 10.0. The molecule has 0 aliphatic carbocycles. The minimum absolute atomic E-state index is 0.0536. The molecular formula is C20H21N3O2. The fourth-order valence-electron chi connectivity index (χ4n) is 3.29. The Labute approximate surface area is 146 Å². The van der Waals surface area contributed by atoms with Crippen LogP contribution in [-0.2, 0) is 16.0 Å². The number of nitrogens with one attached hydrogen (secondary N) is 2. The molecule has 0 bridgehead atoms. The number of aromatic amines is 1. The summed E-state index contributed by atoms with van der Waals surface area (Å²) in [4.78, 5) is 20.1. The molecule has 0 radical (unpaired) electrons. The number of aromatic nitrogens is 2. The van der Waals surface area contributed by atoms with Crippen molar-refractivity contribution in [3.63, 3.8) is 0 Å². The molecule has 1 saturated heterocycles. The Morgan fingerprint density at radius 3 is 2.80 bits per heavy atom. The molecule has 128 valence electrons. The maximum absolute atomic E-state index is 12.4. The van der Waals surface area contributed by atoms with Gasteiger partial charge in [-0.2, -0.15) is 0 Å². The molecule has 0 unspecified atom stereocenters. The summed E-state index contributed by atoms with van der Waals surface area (Å²) in [6.07, 6.45) is 5.88. The molecule has 5 heteroatoms. The third-order valence-corrected chi connectivity index (χ3v) is 4.66. The maximum atomic E-state index is 12.4. The number of benzene rings is 1. The summed E-state index contributed by atoms with van der Waals surface area (Å²) < 4.78 is 5.34. The number of rotatable bonds is 4. The Bertz CT molecular complexity index is 867. The molecule has 0 spiro atoms. The second-order valence-corrected chi connectivity index (χ2v) is 6.43. The lowest BCUT2D eigenvalue weighted by molar-refractivity contribution is -0.121. The Morgan fingerprint density at radius 1 is 1.20 bits per heavy atom. The van der Waals surface area contributed by atoms with Crippen LogP contribution < -0.4 is 5.32 Å². The largest absolute Gasteiger partial charge is 0.381 e. The van der Waals surface area contributed by atoms with Crippen molar-refractivity contribution >= 4 is 16.9 Å². The smallest absolute Gasteiger partial charge is 0.224 e. The van der Waals surface area contributed by atoms with Crippen LogP contribution in [0, 0.1) is 0 Å². The Kier molecular flexibility index (Phi) is 4.48. The Morgan fingerprint density at radius 2 is 2.00 bits per heavy atom.